The third-order valence-corrected chi connectivity index (χ3v) is 4.14. The maximum atomic E-state index is 12.5. The van der Waals surface area contributed by atoms with E-state index in [9.17, 15) is 4.79 Å². The minimum Gasteiger partial charge on any atom is -0.481 e. The van der Waals surface area contributed by atoms with Gasteiger partial charge < -0.3 is 10.1 Å². The third-order valence-electron chi connectivity index (χ3n) is 4.14. The van der Waals surface area contributed by atoms with Gasteiger partial charge in [-0.1, -0.05) is 6.92 Å². The second kappa shape index (κ2) is 6.17. The Balaban J connectivity index is 1.72. The molecule has 2 heterocycles. The first-order chi connectivity index (χ1) is 10.7. The van der Waals surface area contributed by atoms with Gasteiger partial charge in [-0.3, -0.25) is 9.89 Å². The summed E-state index contributed by atoms with van der Waals surface area (Å²) >= 11 is 0. The van der Waals surface area contributed by atoms with Crippen LogP contribution in [0.15, 0.2) is 18.3 Å². The molecule has 3 rings (SSSR count). The van der Waals surface area contributed by atoms with Crippen molar-refractivity contribution in [2.24, 2.45) is 5.92 Å². The average Bonchev–Trinajstić information content (AvgIpc) is 3.02. The first-order valence-corrected chi connectivity index (χ1v) is 7.57. The van der Waals surface area contributed by atoms with E-state index in [0.29, 0.717) is 5.88 Å². The molecule has 0 aromatic carbocycles. The molecule has 2 N–H and O–H groups in total. The minimum atomic E-state index is -0.0168. The highest BCUT2D eigenvalue weighted by Gasteiger charge is 2.26. The highest BCUT2D eigenvalue weighted by Crippen LogP contribution is 2.26. The SMILES string of the molecule is CCc1nc(OC)ccc1NC(=O)C1CCc2[nH]ncc2C1. The van der Waals surface area contributed by atoms with E-state index in [2.05, 4.69) is 20.5 Å². The van der Waals surface area contributed by atoms with Crippen LogP contribution in [0.1, 0.15) is 30.3 Å². The first-order valence-electron chi connectivity index (χ1n) is 7.57. The largest absolute Gasteiger partial charge is 0.481 e. The summed E-state index contributed by atoms with van der Waals surface area (Å²) in [5, 5.41) is 10.1. The van der Waals surface area contributed by atoms with Crippen molar-refractivity contribution in [2.45, 2.75) is 32.6 Å². The van der Waals surface area contributed by atoms with E-state index in [1.54, 1.807) is 13.2 Å². The summed E-state index contributed by atoms with van der Waals surface area (Å²) in [5.41, 5.74) is 3.91. The number of fused-ring (bicyclic) bond motifs is 1. The molecule has 0 radical (unpaired) electrons. The Morgan fingerprint density at radius 3 is 3.14 bits per heavy atom. The summed E-state index contributed by atoms with van der Waals surface area (Å²) in [4.78, 5) is 16.9. The number of aromatic amines is 1. The monoisotopic (exact) mass is 300 g/mol. The van der Waals surface area contributed by atoms with Gasteiger partial charge in [0.05, 0.1) is 24.7 Å². The summed E-state index contributed by atoms with van der Waals surface area (Å²) in [7, 11) is 1.59. The molecule has 0 spiro atoms. The predicted molar refractivity (Wildman–Crippen MR) is 82.9 cm³/mol. The Labute approximate surface area is 129 Å². The number of nitrogens with zero attached hydrogens (tertiary/aromatic N) is 2. The molecule has 0 saturated carbocycles. The molecule has 6 nitrogen and oxygen atoms in total. The molecule has 0 saturated heterocycles. The number of aromatic nitrogens is 3. The lowest BCUT2D eigenvalue weighted by atomic mass is 9.87. The molecular weight excluding hydrogens is 280 g/mol. The first kappa shape index (κ1) is 14.6. The number of nitrogens with one attached hydrogen (secondary N) is 2. The van der Waals surface area contributed by atoms with Gasteiger partial charge in [-0.25, -0.2) is 4.98 Å². The van der Waals surface area contributed by atoms with E-state index in [4.69, 9.17) is 4.74 Å². The topological polar surface area (TPSA) is 79.9 Å². The lowest BCUT2D eigenvalue weighted by Crippen LogP contribution is -2.28. The lowest BCUT2D eigenvalue weighted by molar-refractivity contribution is -0.120. The number of ether oxygens (including phenoxy) is 1. The smallest absolute Gasteiger partial charge is 0.227 e. The number of anilines is 1. The van der Waals surface area contributed by atoms with Crippen LogP contribution >= 0.6 is 0 Å². The number of H-pyrrole nitrogens is 1. The summed E-state index contributed by atoms with van der Waals surface area (Å²) < 4.78 is 5.13. The van der Waals surface area contributed by atoms with Crippen molar-refractivity contribution in [2.75, 3.05) is 12.4 Å². The maximum absolute atomic E-state index is 12.5. The number of amides is 1. The summed E-state index contributed by atoms with van der Waals surface area (Å²) in [6, 6.07) is 3.62. The number of aryl methyl sites for hydroxylation is 2. The lowest BCUT2D eigenvalue weighted by Gasteiger charge is -2.21. The fraction of sp³-hybridized carbons (Fsp3) is 0.438. The van der Waals surface area contributed by atoms with Crippen molar-refractivity contribution < 1.29 is 9.53 Å². The number of methoxy groups -OCH3 is 1. The van der Waals surface area contributed by atoms with Gasteiger partial charge in [0.2, 0.25) is 11.8 Å². The van der Waals surface area contributed by atoms with E-state index >= 15 is 0 Å². The van der Waals surface area contributed by atoms with Crippen LogP contribution in [0.2, 0.25) is 0 Å². The molecule has 1 aliphatic rings. The minimum absolute atomic E-state index is 0.0168. The van der Waals surface area contributed by atoms with Crippen molar-refractivity contribution in [3.05, 3.63) is 35.3 Å². The van der Waals surface area contributed by atoms with Crippen molar-refractivity contribution >= 4 is 11.6 Å². The number of pyridine rings is 1. The van der Waals surface area contributed by atoms with Crippen molar-refractivity contribution in [3.63, 3.8) is 0 Å². The summed E-state index contributed by atoms with van der Waals surface area (Å²) in [6.07, 6.45) is 5.01. The molecule has 0 bridgehead atoms. The zero-order valence-corrected chi connectivity index (χ0v) is 12.8. The number of carbonyl (C=O) groups is 1. The van der Waals surface area contributed by atoms with Crippen LogP contribution in [0.4, 0.5) is 5.69 Å². The average molecular weight is 300 g/mol. The van der Waals surface area contributed by atoms with E-state index < -0.39 is 0 Å². The van der Waals surface area contributed by atoms with Gasteiger partial charge in [-0.05, 0) is 37.3 Å². The van der Waals surface area contributed by atoms with Crippen LogP contribution in [0.3, 0.4) is 0 Å². The molecule has 1 amide bonds. The molecule has 1 aliphatic carbocycles. The second-order valence-corrected chi connectivity index (χ2v) is 5.50. The van der Waals surface area contributed by atoms with Gasteiger partial charge in [0.1, 0.15) is 0 Å². The van der Waals surface area contributed by atoms with Crippen LogP contribution in [-0.2, 0) is 24.1 Å². The van der Waals surface area contributed by atoms with E-state index in [-0.39, 0.29) is 11.8 Å². The number of carbonyl (C=O) groups excluding carboxylic acids is 1. The second-order valence-electron chi connectivity index (χ2n) is 5.50. The maximum Gasteiger partial charge on any atom is 0.227 e. The molecule has 1 atom stereocenters. The molecular formula is C16H20N4O2. The van der Waals surface area contributed by atoms with Crippen LogP contribution < -0.4 is 10.1 Å². The fourth-order valence-electron chi connectivity index (χ4n) is 2.85. The molecule has 2 aromatic rings. The van der Waals surface area contributed by atoms with E-state index in [0.717, 1.165) is 48.3 Å². The molecule has 1 unspecified atom stereocenters. The van der Waals surface area contributed by atoms with Gasteiger partial charge in [-0.2, -0.15) is 5.10 Å². The molecule has 0 fully saturated rings. The van der Waals surface area contributed by atoms with Gasteiger partial charge in [0.25, 0.3) is 0 Å². The fourth-order valence-corrected chi connectivity index (χ4v) is 2.85. The molecule has 2 aromatic heterocycles. The van der Waals surface area contributed by atoms with Crippen LogP contribution in [0.5, 0.6) is 5.88 Å². The van der Waals surface area contributed by atoms with E-state index in [1.165, 1.54) is 0 Å². The van der Waals surface area contributed by atoms with E-state index in [1.807, 2.05) is 19.2 Å². The molecule has 116 valence electrons. The van der Waals surface area contributed by atoms with Crippen LogP contribution in [0, 0.1) is 5.92 Å². The normalized spacial score (nSPS) is 16.9. The van der Waals surface area contributed by atoms with Gasteiger partial charge in [0, 0.05) is 17.7 Å². The van der Waals surface area contributed by atoms with Crippen molar-refractivity contribution in [1.82, 2.24) is 15.2 Å². The Hall–Kier alpha value is -2.37. The van der Waals surface area contributed by atoms with Crippen LogP contribution in [0.25, 0.3) is 0 Å². The van der Waals surface area contributed by atoms with Gasteiger partial charge >= 0.3 is 0 Å². The van der Waals surface area contributed by atoms with Crippen molar-refractivity contribution in [3.8, 4) is 5.88 Å². The summed E-state index contributed by atoms with van der Waals surface area (Å²) in [6.45, 7) is 2.01. The van der Waals surface area contributed by atoms with Gasteiger partial charge in [0.15, 0.2) is 0 Å². The summed E-state index contributed by atoms with van der Waals surface area (Å²) in [5.74, 6) is 0.598. The molecule has 0 aliphatic heterocycles. The van der Waals surface area contributed by atoms with Crippen molar-refractivity contribution in [1.29, 1.82) is 0 Å². The number of rotatable bonds is 4. The zero-order chi connectivity index (χ0) is 15.5. The Bertz CT molecular complexity index is 681. The van der Waals surface area contributed by atoms with Gasteiger partial charge in [-0.15, -0.1) is 0 Å². The standard InChI is InChI=1S/C16H20N4O2/c1-3-12-14(6-7-15(18-12)22-2)19-16(21)10-4-5-13-11(8-10)9-17-20-13/h6-7,9-10H,3-5,8H2,1-2H3,(H,17,20)(H,19,21). The number of hydrogen-bond acceptors (Lipinski definition) is 4. The quantitative estimate of drug-likeness (QED) is 0.906. The molecule has 6 heteroatoms. The highest BCUT2D eigenvalue weighted by atomic mass is 16.5. The van der Waals surface area contributed by atoms with Crippen LogP contribution in [-0.4, -0.2) is 28.2 Å². The zero-order valence-electron chi connectivity index (χ0n) is 12.8. The highest BCUT2D eigenvalue weighted by molar-refractivity contribution is 5.93. The Morgan fingerprint density at radius 1 is 1.50 bits per heavy atom. The molecule has 22 heavy (non-hydrogen) atoms. The Kier molecular flexibility index (Phi) is 4.09. The predicted octanol–water partition coefficient (Wildman–Crippen LogP) is 2.12. The Morgan fingerprint density at radius 2 is 2.36 bits per heavy atom. The number of hydrogen-bond donors (Lipinski definition) is 2. The third kappa shape index (κ3) is 2.81.